The molecule has 174 valence electrons. The van der Waals surface area contributed by atoms with Crippen molar-refractivity contribution in [3.05, 3.63) is 34.0 Å². The molecule has 2 fully saturated rings. The van der Waals surface area contributed by atoms with Crippen LogP contribution in [-0.2, 0) is 6.42 Å². The fraction of sp³-hybridized carbons (Fsp3) is 0.708. The zero-order chi connectivity index (χ0) is 22.6. The van der Waals surface area contributed by atoms with Crippen LogP contribution < -0.4 is 0 Å². The Morgan fingerprint density at radius 1 is 1.32 bits per heavy atom. The minimum Gasteiger partial charge on any atom is -0.477 e. The number of carbonyl (C=O) groups is 1. The second-order valence-corrected chi connectivity index (χ2v) is 10.4. The third-order valence-electron chi connectivity index (χ3n) is 7.63. The zero-order valence-corrected chi connectivity index (χ0v) is 18.9. The van der Waals surface area contributed by atoms with Gasteiger partial charge in [-0.1, -0.05) is 25.5 Å². The van der Waals surface area contributed by atoms with Crippen molar-refractivity contribution in [2.45, 2.75) is 83.4 Å². The Hall–Kier alpha value is -1.34. The standard InChI is InChI=1S/C24H33F3O3S/c1-2-23(14-5-15-23)21(28)9-4-8-18-16(10-12-19(18)24(25,26)27)6-3-7-17-11-13-20(31-17)22(29)30/h4,8,11,13,16,18-19,21,28H,2-3,5-7,9-10,12,14-15H2,1H3,(H,29,30)/b8-4+/t16-,18?,19?,21?/m0/s1. The average molecular weight is 459 g/mol. The quantitative estimate of drug-likeness (QED) is 0.377. The van der Waals surface area contributed by atoms with Crippen molar-refractivity contribution in [3.63, 3.8) is 0 Å². The van der Waals surface area contributed by atoms with E-state index in [0.717, 1.165) is 37.0 Å². The lowest BCUT2D eigenvalue weighted by molar-refractivity contribution is -0.181. The summed E-state index contributed by atoms with van der Waals surface area (Å²) in [5, 5.41) is 19.6. The highest BCUT2D eigenvalue weighted by molar-refractivity contribution is 7.13. The van der Waals surface area contributed by atoms with Gasteiger partial charge in [-0.3, -0.25) is 0 Å². The van der Waals surface area contributed by atoms with Crippen LogP contribution in [0.5, 0.6) is 0 Å². The summed E-state index contributed by atoms with van der Waals surface area (Å²) in [6.07, 6.45) is 6.16. The number of halogens is 3. The second-order valence-electron chi connectivity index (χ2n) is 9.28. The first-order valence-electron chi connectivity index (χ1n) is 11.4. The van der Waals surface area contributed by atoms with Crippen molar-refractivity contribution in [1.82, 2.24) is 0 Å². The SMILES string of the molecule is CCC1(C(O)C/C=C/C2C(C(F)(F)F)CC[C@@H]2CCCc2ccc(C(=O)O)s2)CCC1. The number of thiophene rings is 1. The second kappa shape index (κ2) is 10.1. The van der Waals surface area contributed by atoms with Gasteiger partial charge in [-0.25, -0.2) is 4.79 Å². The van der Waals surface area contributed by atoms with Gasteiger partial charge < -0.3 is 10.2 Å². The van der Waals surface area contributed by atoms with Gasteiger partial charge >= 0.3 is 12.1 Å². The fourth-order valence-electron chi connectivity index (χ4n) is 5.45. The zero-order valence-electron chi connectivity index (χ0n) is 18.0. The van der Waals surface area contributed by atoms with E-state index in [1.54, 1.807) is 24.3 Å². The number of allylic oxidation sites excluding steroid dienone is 1. The Labute approximate surface area is 186 Å². The van der Waals surface area contributed by atoms with Crippen molar-refractivity contribution in [3.8, 4) is 0 Å². The number of carboxylic acid groups (broad SMARTS) is 1. The van der Waals surface area contributed by atoms with Crippen LogP contribution >= 0.6 is 11.3 Å². The number of aromatic carboxylic acids is 1. The summed E-state index contributed by atoms with van der Waals surface area (Å²) >= 11 is 1.24. The molecular formula is C24H33F3O3S. The first-order valence-corrected chi connectivity index (χ1v) is 12.2. The molecule has 0 radical (unpaired) electrons. The van der Waals surface area contributed by atoms with Gasteiger partial charge in [0.15, 0.2) is 0 Å². The van der Waals surface area contributed by atoms with Crippen LogP contribution in [0.2, 0.25) is 0 Å². The van der Waals surface area contributed by atoms with Gasteiger partial charge in [0.05, 0.1) is 12.0 Å². The van der Waals surface area contributed by atoms with Crippen LogP contribution in [0.3, 0.4) is 0 Å². The normalized spacial score (nSPS) is 26.8. The first kappa shape index (κ1) is 24.3. The molecular weight excluding hydrogens is 425 g/mol. The molecule has 0 aromatic carbocycles. The van der Waals surface area contributed by atoms with Crippen molar-refractivity contribution >= 4 is 17.3 Å². The van der Waals surface area contributed by atoms with E-state index >= 15 is 0 Å². The summed E-state index contributed by atoms with van der Waals surface area (Å²) in [6.45, 7) is 2.08. The predicted molar refractivity (Wildman–Crippen MR) is 116 cm³/mol. The lowest BCUT2D eigenvalue weighted by Gasteiger charge is -2.45. The number of hydrogen-bond acceptors (Lipinski definition) is 3. The van der Waals surface area contributed by atoms with Crippen molar-refractivity contribution < 1.29 is 28.2 Å². The van der Waals surface area contributed by atoms with Crippen molar-refractivity contribution in [2.24, 2.45) is 23.2 Å². The number of alkyl halides is 3. The molecule has 0 bridgehead atoms. The number of aliphatic hydroxyl groups excluding tert-OH is 1. The van der Waals surface area contributed by atoms with Gasteiger partial charge in [0.25, 0.3) is 0 Å². The Balaban J connectivity index is 1.58. The van der Waals surface area contributed by atoms with Crippen LogP contribution in [0, 0.1) is 23.2 Å². The maximum absolute atomic E-state index is 13.6. The van der Waals surface area contributed by atoms with E-state index in [4.69, 9.17) is 5.11 Å². The molecule has 3 rings (SSSR count). The highest BCUT2D eigenvalue weighted by Gasteiger charge is 2.49. The highest BCUT2D eigenvalue weighted by Crippen LogP contribution is 2.50. The van der Waals surface area contributed by atoms with E-state index in [0.29, 0.717) is 30.6 Å². The fourth-order valence-corrected chi connectivity index (χ4v) is 6.34. The minimum atomic E-state index is -4.20. The molecule has 0 spiro atoms. The van der Waals surface area contributed by atoms with Gasteiger partial charge in [0.2, 0.25) is 0 Å². The van der Waals surface area contributed by atoms with E-state index < -0.39 is 30.1 Å². The van der Waals surface area contributed by atoms with Gasteiger partial charge in [0.1, 0.15) is 4.88 Å². The molecule has 31 heavy (non-hydrogen) atoms. The van der Waals surface area contributed by atoms with E-state index in [2.05, 4.69) is 6.92 Å². The molecule has 2 N–H and O–H groups in total. The molecule has 1 heterocycles. The van der Waals surface area contributed by atoms with Gasteiger partial charge in [-0.05, 0) is 87.2 Å². The molecule has 7 heteroatoms. The summed E-state index contributed by atoms with van der Waals surface area (Å²) in [7, 11) is 0. The highest BCUT2D eigenvalue weighted by atomic mass is 32.1. The summed E-state index contributed by atoms with van der Waals surface area (Å²) in [4.78, 5) is 12.3. The van der Waals surface area contributed by atoms with Crippen molar-refractivity contribution in [2.75, 3.05) is 0 Å². The van der Waals surface area contributed by atoms with Crippen LogP contribution in [0.25, 0.3) is 0 Å². The maximum atomic E-state index is 13.6. The molecule has 4 atom stereocenters. The molecule has 2 aliphatic carbocycles. The van der Waals surface area contributed by atoms with Gasteiger partial charge in [-0.15, -0.1) is 11.3 Å². The van der Waals surface area contributed by atoms with Crippen LogP contribution in [0.4, 0.5) is 13.2 Å². The average Bonchev–Trinajstić information content (AvgIpc) is 3.29. The number of rotatable bonds is 10. The monoisotopic (exact) mass is 458 g/mol. The number of aryl methyl sites for hydroxylation is 1. The Kier molecular flexibility index (Phi) is 7.90. The van der Waals surface area contributed by atoms with Crippen molar-refractivity contribution in [1.29, 1.82) is 0 Å². The molecule has 1 aromatic rings. The molecule has 0 saturated heterocycles. The third kappa shape index (κ3) is 5.72. The largest absolute Gasteiger partial charge is 0.477 e. The molecule has 1 aromatic heterocycles. The molecule has 2 aliphatic rings. The van der Waals surface area contributed by atoms with Crippen LogP contribution in [0.1, 0.15) is 79.3 Å². The molecule has 3 nitrogen and oxygen atoms in total. The van der Waals surface area contributed by atoms with Gasteiger partial charge in [0, 0.05) is 4.88 Å². The van der Waals surface area contributed by atoms with E-state index in [1.807, 2.05) is 0 Å². The van der Waals surface area contributed by atoms with E-state index in [-0.39, 0.29) is 17.8 Å². The summed E-state index contributed by atoms with van der Waals surface area (Å²) in [5.41, 5.74) is -0.0433. The van der Waals surface area contributed by atoms with E-state index in [1.165, 1.54) is 11.3 Å². The summed E-state index contributed by atoms with van der Waals surface area (Å²) in [5.74, 6) is -2.82. The lowest BCUT2D eigenvalue weighted by atomic mass is 9.63. The Morgan fingerprint density at radius 2 is 2.06 bits per heavy atom. The molecule has 2 saturated carbocycles. The first-order chi connectivity index (χ1) is 14.7. The van der Waals surface area contributed by atoms with Crippen LogP contribution in [-0.4, -0.2) is 28.5 Å². The maximum Gasteiger partial charge on any atom is 0.392 e. The number of hydrogen-bond donors (Lipinski definition) is 2. The molecule has 0 aliphatic heterocycles. The Bertz CT molecular complexity index is 761. The van der Waals surface area contributed by atoms with Gasteiger partial charge in [-0.2, -0.15) is 13.2 Å². The molecule has 0 amide bonds. The smallest absolute Gasteiger partial charge is 0.392 e. The summed E-state index contributed by atoms with van der Waals surface area (Å²) in [6, 6.07) is 3.38. The number of carboxylic acids is 1. The van der Waals surface area contributed by atoms with E-state index in [9.17, 15) is 23.1 Å². The van der Waals surface area contributed by atoms with Crippen LogP contribution in [0.15, 0.2) is 24.3 Å². The summed E-state index contributed by atoms with van der Waals surface area (Å²) < 4.78 is 40.8. The topological polar surface area (TPSA) is 57.5 Å². The lowest BCUT2D eigenvalue weighted by Crippen LogP contribution is -2.40. The Morgan fingerprint density at radius 3 is 2.61 bits per heavy atom. The third-order valence-corrected chi connectivity index (χ3v) is 8.76. The number of aliphatic hydroxyl groups is 1. The molecule has 3 unspecified atom stereocenters. The minimum absolute atomic E-state index is 0.0252. The predicted octanol–water partition coefficient (Wildman–Crippen LogP) is 6.86.